The van der Waals surface area contributed by atoms with Crippen LogP contribution in [0.4, 0.5) is 0 Å². The second kappa shape index (κ2) is 6.42. The van der Waals surface area contributed by atoms with Crippen molar-refractivity contribution in [2.24, 2.45) is 7.05 Å². The average Bonchev–Trinajstić information content (AvgIpc) is 2.78. The fourth-order valence-corrected chi connectivity index (χ4v) is 2.22. The van der Waals surface area contributed by atoms with E-state index in [1.165, 1.54) is 0 Å². The molecule has 5 heteroatoms. The number of benzene rings is 1. The van der Waals surface area contributed by atoms with E-state index in [1.54, 1.807) is 0 Å². The Morgan fingerprint density at radius 1 is 1.26 bits per heavy atom. The van der Waals surface area contributed by atoms with Gasteiger partial charge in [-0.2, -0.15) is 5.10 Å². The van der Waals surface area contributed by atoms with Crippen LogP contribution < -0.4 is 5.32 Å². The zero-order chi connectivity index (χ0) is 13.8. The fraction of sp³-hybridized carbons (Fsp3) is 0.357. The van der Waals surface area contributed by atoms with Crippen molar-refractivity contribution < 1.29 is 0 Å². The minimum Gasteiger partial charge on any atom is -0.310 e. The highest BCUT2D eigenvalue weighted by Crippen LogP contribution is 2.25. The molecule has 0 aliphatic rings. The molecule has 0 amide bonds. The first-order valence-electron chi connectivity index (χ1n) is 6.23. The zero-order valence-electron chi connectivity index (χ0n) is 11.0. The third-order valence-corrected chi connectivity index (χ3v) is 3.78. The predicted octanol–water partition coefficient (Wildman–Crippen LogP) is 3.62. The van der Waals surface area contributed by atoms with E-state index in [1.807, 2.05) is 42.2 Å². The van der Waals surface area contributed by atoms with Crippen LogP contribution in [0.3, 0.4) is 0 Å². The lowest BCUT2D eigenvalue weighted by atomic mass is 10.1. The van der Waals surface area contributed by atoms with Gasteiger partial charge in [0.1, 0.15) is 0 Å². The number of nitrogens with one attached hydrogen (secondary N) is 1. The minimum absolute atomic E-state index is 0.235. The van der Waals surface area contributed by atoms with E-state index in [-0.39, 0.29) is 6.04 Å². The summed E-state index contributed by atoms with van der Waals surface area (Å²) in [6.45, 7) is 2.98. The zero-order valence-corrected chi connectivity index (χ0v) is 12.5. The van der Waals surface area contributed by atoms with Crippen LogP contribution in [0, 0.1) is 0 Å². The van der Waals surface area contributed by atoms with Gasteiger partial charge in [-0.25, -0.2) is 0 Å². The van der Waals surface area contributed by atoms with Crippen LogP contribution in [0.25, 0.3) is 0 Å². The highest BCUT2D eigenvalue weighted by Gasteiger charge is 2.07. The third kappa shape index (κ3) is 3.96. The van der Waals surface area contributed by atoms with Crippen LogP contribution in [-0.4, -0.2) is 16.3 Å². The van der Waals surface area contributed by atoms with Gasteiger partial charge < -0.3 is 5.32 Å². The Bertz CT molecular complexity index is 551. The summed E-state index contributed by atoms with van der Waals surface area (Å²) in [4.78, 5) is 0. The van der Waals surface area contributed by atoms with E-state index in [0.717, 1.165) is 24.2 Å². The number of nitrogens with zero attached hydrogens (tertiary/aromatic N) is 2. The van der Waals surface area contributed by atoms with Crippen molar-refractivity contribution in [2.75, 3.05) is 6.54 Å². The van der Waals surface area contributed by atoms with Gasteiger partial charge in [0.25, 0.3) is 0 Å². The summed E-state index contributed by atoms with van der Waals surface area (Å²) in [5.74, 6) is 0. The second-order valence-corrected chi connectivity index (χ2v) is 5.39. The highest BCUT2D eigenvalue weighted by molar-refractivity contribution is 6.42. The topological polar surface area (TPSA) is 29.9 Å². The summed E-state index contributed by atoms with van der Waals surface area (Å²) in [6.07, 6.45) is 2.87. The number of rotatable bonds is 5. The van der Waals surface area contributed by atoms with Crippen LogP contribution in [0.1, 0.15) is 24.2 Å². The molecule has 1 aromatic heterocycles. The molecule has 0 aliphatic carbocycles. The van der Waals surface area contributed by atoms with Gasteiger partial charge in [-0.1, -0.05) is 29.3 Å². The Kier molecular flexibility index (Phi) is 4.86. The smallest absolute Gasteiger partial charge is 0.0637 e. The molecule has 1 aromatic carbocycles. The molecule has 0 spiro atoms. The minimum atomic E-state index is 0.235. The molecule has 19 heavy (non-hydrogen) atoms. The van der Waals surface area contributed by atoms with E-state index >= 15 is 0 Å². The quantitative estimate of drug-likeness (QED) is 0.913. The summed E-state index contributed by atoms with van der Waals surface area (Å²) in [6, 6.07) is 8.00. The van der Waals surface area contributed by atoms with E-state index in [0.29, 0.717) is 10.0 Å². The van der Waals surface area contributed by atoms with Crippen molar-refractivity contribution in [1.82, 2.24) is 15.1 Å². The predicted molar refractivity (Wildman–Crippen MR) is 79.8 cm³/mol. The van der Waals surface area contributed by atoms with Gasteiger partial charge in [0, 0.05) is 32.3 Å². The van der Waals surface area contributed by atoms with Crippen LogP contribution in [0.15, 0.2) is 30.5 Å². The lowest BCUT2D eigenvalue weighted by Crippen LogP contribution is -2.21. The summed E-state index contributed by atoms with van der Waals surface area (Å²) < 4.78 is 1.82. The molecular weight excluding hydrogens is 281 g/mol. The summed E-state index contributed by atoms with van der Waals surface area (Å²) in [5.41, 5.74) is 2.23. The molecule has 0 saturated heterocycles. The Labute approximate surface area is 123 Å². The van der Waals surface area contributed by atoms with Gasteiger partial charge in [0.15, 0.2) is 0 Å². The number of aryl methyl sites for hydroxylation is 1. The monoisotopic (exact) mass is 297 g/mol. The summed E-state index contributed by atoms with van der Waals surface area (Å²) in [5, 5.41) is 8.98. The molecule has 1 unspecified atom stereocenters. The maximum Gasteiger partial charge on any atom is 0.0637 e. The fourth-order valence-electron chi connectivity index (χ4n) is 1.91. The molecule has 3 nitrogen and oxygen atoms in total. The molecule has 0 aliphatic heterocycles. The number of halogens is 2. The van der Waals surface area contributed by atoms with Crippen molar-refractivity contribution in [3.8, 4) is 0 Å². The molecule has 2 aromatic rings. The normalized spacial score (nSPS) is 12.6. The largest absolute Gasteiger partial charge is 0.310 e. The molecule has 0 fully saturated rings. The van der Waals surface area contributed by atoms with Crippen LogP contribution in [0.5, 0.6) is 0 Å². The van der Waals surface area contributed by atoms with Gasteiger partial charge in [-0.15, -0.1) is 0 Å². The molecule has 0 saturated carbocycles. The molecule has 0 radical (unpaired) electrons. The van der Waals surface area contributed by atoms with Gasteiger partial charge in [-0.3, -0.25) is 4.68 Å². The van der Waals surface area contributed by atoms with Gasteiger partial charge >= 0.3 is 0 Å². The van der Waals surface area contributed by atoms with E-state index in [9.17, 15) is 0 Å². The van der Waals surface area contributed by atoms with E-state index in [4.69, 9.17) is 23.2 Å². The lowest BCUT2D eigenvalue weighted by Gasteiger charge is -2.14. The first-order valence-corrected chi connectivity index (χ1v) is 6.98. The second-order valence-electron chi connectivity index (χ2n) is 4.58. The lowest BCUT2D eigenvalue weighted by molar-refractivity contribution is 0.571. The van der Waals surface area contributed by atoms with Gasteiger partial charge in [0.05, 0.1) is 15.7 Å². The SMILES string of the molecule is CC(NCCc1ccn(C)n1)c1ccc(Cl)c(Cl)c1. The van der Waals surface area contributed by atoms with Gasteiger partial charge in [0.2, 0.25) is 0 Å². The van der Waals surface area contributed by atoms with Crippen LogP contribution in [-0.2, 0) is 13.5 Å². The van der Waals surface area contributed by atoms with Gasteiger partial charge in [-0.05, 0) is 30.7 Å². The van der Waals surface area contributed by atoms with E-state index in [2.05, 4.69) is 17.3 Å². The Morgan fingerprint density at radius 3 is 2.68 bits per heavy atom. The Balaban J connectivity index is 1.86. The summed E-state index contributed by atoms with van der Waals surface area (Å²) in [7, 11) is 1.93. The first-order chi connectivity index (χ1) is 9.06. The van der Waals surface area contributed by atoms with Crippen molar-refractivity contribution >= 4 is 23.2 Å². The van der Waals surface area contributed by atoms with Crippen LogP contribution in [0.2, 0.25) is 10.0 Å². The van der Waals surface area contributed by atoms with Crippen molar-refractivity contribution in [2.45, 2.75) is 19.4 Å². The number of hydrogen-bond acceptors (Lipinski definition) is 2. The van der Waals surface area contributed by atoms with Crippen molar-refractivity contribution in [3.63, 3.8) is 0 Å². The highest BCUT2D eigenvalue weighted by atomic mass is 35.5. The molecule has 1 atom stereocenters. The third-order valence-electron chi connectivity index (χ3n) is 3.04. The molecule has 0 bridgehead atoms. The standard InChI is InChI=1S/C14H17Cl2N3/c1-10(11-3-4-13(15)14(16)9-11)17-7-5-12-6-8-19(2)18-12/h3-4,6,8-10,17H,5,7H2,1-2H3. The number of aromatic nitrogens is 2. The average molecular weight is 298 g/mol. The molecule has 1 heterocycles. The maximum atomic E-state index is 6.02. The molecule has 2 rings (SSSR count). The van der Waals surface area contributed by atoms with E-state index < -0.39 is 0 Å². The molecular formula is C14H17Cl2N3. The summed E-state index contributed by atoms with van der Waals surface area (Å²) >= 11 is 11.9. The Morgan fingerprint density at radius 2 is 2.05 bits per heavy atom. The van der Waals surface area contributed by atoms with Crippen molar-refractivity contribution in [1.29, 1.82) is 0 Å². The molecule has 102 valence electrons. The maximum absolute atomic E-state index is 6.02. The first kappa shape index (κ1) is 14.4. The van der Waals surface area contributed by atoms with Crippen molar-refractivity contribution in [3.05, 3.63) is 51.8 Å². The Hall–Kier alpha value is -1.03. The molecule has 1 N–H and O–H groups in total. The number of hydrogen-bond donors (Lipinski definition) is 1. The van der Waals surface area contributed by atoms with Crippen LogP contribution >= 0.6 is 23.2 Å².